The molecule has 0 radical (unpaired) electrons. The van der Waals surface area contributed by atoms with Crippen LogP contribution in [-0.4, -0.2) is 29.0 Å². The molecule has 0 saturated carbocycles. The first kappa shape index (κ1) is 25.3. The second kappa shape index (κ2) is 9.93. The second-order valence-electron chi connectivity index (χ2n) is 10.7. The predicted molar refractivity (Wildman–Crippen MR) is 149 cm³/mol. The smallest absolute Gasteiger partial charge is 0.257 e. The predicted octanol–water partition coefficient (Wildman–Crippen LogP) is 6.12. The van der Waals surface area contributed by atoms with E-state index < -0.39 is 17.0 Å². The van der Waals surface area contributed by atoms with E-state index in [1.807, 2.05) is 36.4 Å². The van der Waals surface area contributed by atoms with Crippen molar-refractivity contribution in [3.05, 3.63) is 130 Å². The van der Waals surface area contributed by atoms with Crippen molar-refractivity contribution in [1.82, 2.24) is 10.2 Å². The van der Waals surface area contributed by atoms with Gasteiger partial charge in [0.05, 0.1) is 6.61 Å². The number of benzene rings is 3. The van der Waals surface area contributed by atoms with E-state index in [1.54, 1.807) is 18.2 Å². The average Bonchev–Trinajstić information content (AvgIpc) is 3.07. The molecule has 6 heteroatoms. The Morgan fingerprint density at radius 1 is 1.00 bits per heavy atom. The van der Waals surface area contributed by atoms with Crippen LogP contribution < -0.4 is 5.32 Å². The standard InChI is InChI=1S/C33H30F2N2O2/c1-21-16-29(36-32(39)26-9-5-8-24(20-38)30(21)26)37-14-12-33(13-15-37)11-10-23(17-22-6-3-2-4-7-22)27-18-25(34)19-28(35)31(27)33/h2-10,16,18-19,38H,1,11-15,17,20H2,(H,36,39). The van der Waals surface area contributed by atoms with Crippen LogP contribution in [0.25, 0.3) is 11.1 Å². The highest BCUT2D eigenvalue weighted by atomic mass is 19.1. The molecule has 0 atom stereocenters. The number of allylic oxidation sites excluding steroid dienone is 4. The number of halogens is 2. The van der Waals surface area contributed by atoms with Crippen molar-refractivity contribution < 1.29 is 18.7 Å². The van der Waals surface area contributed by atoms with Crippen molar-refractivity contribution in [3.63, 3.8) is 0 Å². The zero-order valence-electron chi connectivity index (χ0n) is 21.6. The van der Waals surface area contributed by atoms with Crippen LogP contribution in [0.4, 0.5) is 8.78 Å². The normalized spacial score (nSPS) is 18.1. The molecule has 1 spiro atoms. The number of nitrogens with one attached hydrogen (secondary N) is 1. The molecule has 0 aromatic heterocycles. The summed E-state index contributed by atoms with van der Waals surface area (Å²) in [5.74, 6) is -0.648. The molecule has 6 rings (SSSR count). The molecule has 2 heterocycles. The Morgan fingerprint density at radius 3 is 2.51 bits per heavy atom. The van der Waals surface area contributed by atoms with E-state index in [2.05, 4.69) is 22.9 Å². The van der Waals surface area contributed by atoms with E-state index in [0.717, 1.165) is 17.2 Å². The lowest BCUT2D eigenvalue weighted by atomic mass is 9.64. The van der Waals surface area contributed by atoms with Gasteiger partial charge in [-0.3, -0.25) is 4.79 Å². The van der Waals surface area contributed by atoms with Crippen LogP contribution in [0, 0.1) is 11.6 Å². The third kappa shape index (κ3) is 4.49. The van der Waals surface area contributed by atoms with Gasteiger partial charge >= 0.3 is 0 Å². The SMILES string of the molecule is C=C1C=C(N2CCC3(CC=C(Cc4ccccc4)c4cc(F)cc(F)c43)CC2)NC(=O)c2cccc(CO)c21. The maximum absolute atomic E-state index is 15.5. The van der Waals surface area contributed by atoms with Crippen molar-refractivity contribution >= 4 is 17.1 Å². The summed E-state index contributed by atoms with van der Waals surface area (Å²) in [6, 6.07) is 17.7. The van der Waals surface area contributed by atoms with Gasteiger partial charge in [-0.2, -0.15) is 0 Å². The lowest BCUT2D eigenvalue weighted by molar-refractivity contribution is 0.0941. The van der Waals surface area contributed by atoms with E-state index >= 15 is 4.39 Å². The van der Waals surface area contributed by atoms with Crippen LogP contribution >= 0.6 is 0 Å². The molecule has 1 saturated heterocycles. The first-order valence-corrected chi connectivity index (χ1v) is 13.3. The van der Waals surface area contributed by atoms with Crippen LogP contribution in [0.1, 0.15) is 57.4 Å². The number of hydrogen-bond donors (Lipinski definition) is 2. The maximum Gasteiger partial charge on any atom is 0.257 e. The maximum atomic E-state index is 15.5. The van der Waals surface area contributed by atoms with E-state index in [0.29, 0.717) is 78.0 Å². The number of carbonyl (C=O) groups is 1. The summed E-state index contributed by atoms with van der Waals surface area (Å²) in [6.07, 6.45) is 6.63. The Kier molecular flexibility index (Phi) is 6.43. The van der Waals surface area contributed by atoms with Gasteiger partial charge in [0.25, 0.3) is 5.91 Å². The summed E-state index contributed by atoms with van der Waals surface area (Å²) in [7, 11) is 0. The molecule has 4 nitrogen and oxygen atoms in total. The van der Waals surface area contributed by atoms with Crippen molar-refractivity contribution in [2.24, 2.45) is 0 Å². The highest BCUT2D eigenvalue weighted by Crippen LogP contribution is 2.48. The molecule has 1 fully saturated rings. The quantitative estimate of drug-likeness (QED) is 0.433. The Bertz CT molecular complexity index is 1530. The monoisotopic (exact) mass is 524 g/mol. The number of nitrogens with zero attached hydrogens (tertiary/aromatic N) is 1. The van der Waals surface area contributed by atoms with Gasteiger partial charge < -0.3 is 15.3 Å². The zero-order valence-corrected chi connectivity index (χ0v) is 21.6. The van der Waals surface area contributed by atoms with Crippen molar-refractivity contribution in [2.75, 3.05) is 13.1 Å². The van der Waals surface area contributed by atoms with Crippen molar-refractivity contribution in [1.29, 1.82) is 0 Å². The first-order chi connectivity index (χ1) is 18.9. The minimum absolute atomic E-state index is 0.184. The van der Waals surface area contributed by atoms with Crippen LogP contribution in [-0.2, 0) is 18.4 Å². The third-order valence-electron chi connectivity index (χ3n) is 8.41. The van der Waals surface area contributed by atoms with Crippen LogP contribution in [0.3, 0.4) is 0 Å². The minimum atomic E-state index is -0.564. The van der Waals surface area contributed by atoms with Crippen molar-refractivity contribution in [3.8, 4) is 0 Å². The molecule has 0 unspecified atom stereocenters. The number of aliphatic hydroxyl groups is 1. The fraction of sp³-hybridized carbons (Fsp3) is 0.242. The third-order valence-corrected chi connectivity index (χ3v) is 8.41. The molecule has 1 aliphatic carbocycles. The highest BCUT2D eigenvalue weighted by molar-refractivity contribution is 6.03. The molecule has 3 aromatic carbocycles. The average molecular weight is 525 g/mol. The summed E-state index contributed by atoms with van der Waals surface area (Å²) in [5.41, 5.74) is 5.34. The minimum Gasteiger partial charge on any atom is -0.392 e. The van der Waals surface area contributed by atoms with Crippen LogP contribution in [0.5, 0.6) is 0 Å². The Morgan fingerprint density at radius 2 is 1.77 bits per heavy atom. The Labute approximate surface area is 227 Å². The zero-order chi connectivity index (χ0) is 27.1. The molecule has 198 valence electrons. The summed E-state index contributed by atoms with van der Waals surface area (Å²) < 4.78 is 30.0. The molecule has 1 amide bonds. The van der Waals surface area contributed by atoms with Gasteiger partial charge in [0.2, 0.25) is 0 Å². The lowest BCUT2D eigenvalue weighted by Crippen LogP contribution is -2.46. The van der Waals surface area contributed by atoms with Gasteiger partial charge in [0.1, 0.15) is 17.5 Å². The summed E-state index contributed by atoms with van der Waals surface area (Å²) in [5, 5.41) is 12.8. The van der Waals surface area contributed by atoms with Crippen molar-refractivity contribution in [2.45, 2.75) is 37.7 Å². The summed E-state index contributed by atoms with van der Waals surface area (Å²) in [4.78, 5) is 15.2. The second-order valence-corrected chi connectivity index (χ2v) is 10.7. The number of fused-ring (bicyclic) bond motifs is 3. The number of aliphatic hydroxyl groups excluding tert-OH is 1. The molecular weight excluding hydrogens is 494 g/mol. The number of rotatable bonds is 4. The molecule has 3 aliphatic rings. The Balaban J connectivity index is 1.28. The van der Waals surface area contributed by atoms with E-state index in [9.17, 15) is 14.3 Å². The van der Waals surface area contributed by atoms with Gasteiger partial charge in [-0.1, -0.05) is 55.1 Å². The fourth-order valence-electron chi connectivity index (χ4n) is 6.44. The summed E-state index contributed by atoms with van der Waals surface area (Å²) >= 11 is 0. The topological polar surface area (TPSA) is 52.6 Å². The van der Waals surface area contributed by atoms with Gasteiger partial charge in [0, 0.05) is 35.7 Å². The van der Waals surface area contributed by atoms with Gasteiger partial charge in [-0.05, 0) is 77.3 Å². The molecule has 2 N–H and O–H groups in total. The summed E-state index contributed by atoms with van der Waals surface area (Å²) in [6.45, 7) is 5.19. The molecule has 0 bridgehead atoms. The Hall–Kier alpha value is -4.03. The van der Waals surface area contributed by atoms with Crippen LogP contribution in [0.15, 0.2) is 85.2 Å². The molecular formula is C33H30F2N2O2. The van der Waals surface area contributed by atoms with Gasteiger partial charge in [-0.25, -0.2) is 8.78 Å². The molecule has 3 aromatic rings. The lowest BCUT2D eigenvalue weighted by Gasteiger charge is -2.46. The van der Waals surface area contributed by atoms with E-state index in [1.165, 1.54) is 6.07 Å². The number of amides is 1. The highest BCUT2D eigenvalue weighted by Gasteiger charge is 2.42. The molecule has 2 aliphatic heterocycles. The number of hydrogen-bond acceptors (Lipinski definition) is 3. The van der Waals surface area contributed by atoms with E-state index in [-0.39, 0.29) is 12.5 Å². The van der Waals surface area contributed by atoms with Gasteiger partial charge in [0.15, 0.2) is 0 Å². The number of carbonyl (C=O) groups excluding carboxylic acids is 1. The first-order valence-electron chi connectivity index (χ1n) is 13.3. The fourth-order valence-corrected chi connectivity index (χ4v) is 6.44. The largest absolute Gasteiger partial charge is 0.392 e. The number of likely N-dealkylation sites (tertiary alicyclic amines) is 1. The van der Waals surface area contributed by atoms with Crippen LogP contribution in [0.2, 0.25) is 0 Å². The van der Waals surface area contributed by atoms with E-state index in [4.69, 9.17) is 0 Å². The molecule has 39 heavy (non-hydrogen) atoms. The number of piperidine rings is 1. The van der Waals surface area contributed by atoms with Gasteiger partial charge in [-0.15, -0.1) is 0 Å².